The van der Waals surface area contributed by atoms with Gasteiger partial charge in [-0.05, 0) is 26.2 Å². The van der Waals surface area contributed by atoms with Gasteiger partial charge in [0.1, 0.15) is 0 Å². The smallest absolute Gasteiger partial charge is 0.331 e. The summed E-state index contributed by atoms with van der Waals surface area (Å²) in [5.41, 5.74) is 19.4. The zero-order chi connectivity index (χ0) is 15.3. The quantitative estimate of drug-likeness (QED) is 0.208. The van der Waals surface area contributed by atoms with Crippen LogP contribution in [0, 0.1) is 0 Å². The van der Waals surface area contributed by atoms with Gasteiger partial charge in [-0.3, -0.25) is 0 Å². The lowest BCUT2D eigenvalue weighted by molar-refractivity contribution is 0.275. The Morgan fingerprint density at radius 1 is 0.722 bits per heavy atom. The number of hydrogen-bond donors (Lipinski definition) is 7. The van der Waals surface area contributed by atoms with E-state index >= 15 is 0 Å². The van der Waals surface area contributed by atoms with E-state index < -0.39 is 7.82 Å². The average Bonchev–Trinajstić information content (AvgIpc) is 2.04. The van der Waals surface area contributed by atoms with E-state index in [1.807, 2.05) is 27.7 Å². The summed E-state index contributed by atoms with van der Waals surface area (Å²) in [6.07, 6.45) is 0. The van der Waals surface area contributed by atoms with E-state index in [1.54, 1.807) is 0 Å². The van der Waals surface area contributed by atoms with Gasteiger partial charge >= 0.3 is 7.82 Å². The lowest BCUT2D eigenvalue weighted by Gasteiger charge is -1.82. The molecule has 11 N–H and O–H groups in total. The van der Waals surface area contributed by atoms with Gasteiger partial charge in [0.25, 0.3) is 0 Å². The first-order chi connectivity index (χ1) is 7.66. The number of phosphoric acid groups is 1. The van der Waals surface area contributed by atoms with Crippen molar-refractivity contribution in [2.24, 2.45) is 22.9 Å². The molecule has 0 atom stereocenters. The first kappa shape index (κ1) is 36.3. The Balaban J connectivity index is -0.0000000252. The highest BCUT2D eigenvalue weighted by Gasteiger charge is 2.00. The number of halogens is 1. The second-order valence-corrected chi connectivity index (χ2v) is 3.17. The second kappa shape index (κ2) is 43.1. The molecule has 0 bridgehead atoms. The Labute approximate surface area is 128 Å². The van der Waals surface area contributed by atoms with Crippen LogP contribution in [0.25, 0.3) is 0 Å². The number of nitrogens with two attached hydrogens (primary N) is 4. The molecule has 8 nitrogen and oxygen atoms in total. The molecule has 0 aliphatic heterocycles. The molecule has 18 heavy (non-hydrogen) atoms. The molecule has 0 saturated carbocycles. The van der Waals surface area contributed by atoms with Crippen molar-refractivity contribution in [3.05, 3.63) is 0 Å². The molecule has 0 fully saturated rings. The number of hydrogen-bond acceptors (Lipinski definition) is 5. The van der Waals surface area contributed by atoms with Crippen LogP contribution in [0.3, 0.4) is 0 Å². The van der Waals surface area contributed by atoms with Crippen molar-refractivity contribution in [1.82, 2.24) is 0 Å². The van der Waals surface area contributed by atoms with Gasteiger partial charge in [0.2, 0.25) is 0 Å². The highest BCUT2D eigenvalue weighted by Crippen LogP contribution is 2.25. The van der Waals surface area contributed by atoms with Crippen molar-refractivity contribution >= 4 is 31.8 Å². The average molecular weight is 406 g/mol. The van der Waals surface area contributed by atoms with Crippen LogP contribution in [-0.2, 0) is 4.57 Å². The third-order valence-electron chi connectivity index (χ3n) is 0. The van der Waals surface area contributed by atoms with Gasteiger partial charge in [0.05, 0.1) is 0 Å². The van der Waals surface area contributed by atoms with Crippen molar-refractivity contribution in [3.8, 4) is 0 Å². The van der Waals surface area contributed by atoms with Gasteiger partial charge < -0.3 is 37.6 Å². The zero-order valence-electron chi connectivity index (χ0n) is 11.7. The zero-order valence-corrected chi connectivity index (χ0v) is 15.0. The van der Waals surface area contributed by atoms with Crippen LogP contribution in [0.2, 0.25) is 0 Å². The van der Waals surface area contributed by atoms with E-state index in [9.17, 15) is 0 Å². The van der Waals surface area contributed by atoms with Crippen LogP contribution in [0.15, 0.2) is 0 Å². The fourth-order valence-electron chi connectivity index (χ4n) is 0. The molecule has 0 radical (unpaired) electrons. The molecule has 0 amide bonds. The molecule has 0 saturated heterocycles. The van der Waals surface area contributed by atoms with Crippen LogP contribution in [0.4, 0.5) is 0 Å². The molecule has 10 heteroatoms. The fourth-order valence-corrected chi connectivity index (χ4v) is 0. The lowest BCUT2D eigenvalue weighted by atomic mass is 10.8. The maximum Gasteiger partial charge on any atom is 0.466 e. The third kappa shape index (κ3) is 8870. The van der Waals surface area contributed by atoms with Crippen LogP contribution in [-0.4, -0.2) is 40.9 Å². The highest BCUT2D eigenvalue weighted by atomic mass is 127. The molecule has 120 valence electrons. The molecule has 0 aliphatic carbocycles. The SMILES string of the molecule is CCN.CCN.CCN.CCN.I.O=P(O)(O)O. The summed E-state index contributed by atoms with van der Waals surface area (Å²) < 4.78 is 8.88. The van der Waals surface area contributed by atoms with Crippen molar-refractivity contribution in [2.75, 3.05) is 26.2 Å². The minimum absolute atomic E-state index is 0. The second-order valence-electron chi connectivity index (χ2n) is 2.15. The van der Waals surface area contributed by atoms with E-state index in [0.29, 0.717) is 0 Å². The van der Waals surface area contributed by atoms with E-state index in [2.05, 4.69) is 0 Å². The Hall–Kier alpha value is 0.680. The molecule has 0 unspecified atom stereocenters. The standard InChI is InChI=1S/4C2H7N.HI.H3O4P/c4*1-2-3;;1-5(2,3)4/h4*2-3H2,1H3;1H;(H3,1,2,3,4). The normalized spacial score (nSPS) is 7.28. The van der Waals surface area contributed by atoms with Crippen LogP contribution in [0.1, 0.15) is 27.7 Å². The summed E-state index contributed by atoms with van der Waals surface area (Å²) >= 11 is 0. The molecule has 0 aromatic heterocycles. The molecule has 0 aromatic carbocycles. The molecule has 0 rings (SSSR count). The summed E-state index contributed by atoms with van der Waals surface area (Å²) in [5, 5.41) is 0. The highest BCUT2D eigenvalue weighted by molar-refractivity contribution is 14.0. The van der Waals surface area contributed by atoms with Crippen molar-refractivity contribution in [2.45, 2.75) is 27.7 Å². The van der Waals surface area contributed by atoms with Crippen molar-refractivity contribution < 1.29 is 19.2 Å². The molecule has 0 aromatic rings. The predicted octanol–water partition coefficient (Wildman–Crippen LogP) is -0.451. The summed E-state index contributed by atoms with van der Waals surface area (Å²) in [7, 11) is -4.64. The minimum Gasteiger partial charge on any atom is -0.331 e. The Morgan fingerprint density at radius 3 is 0.722 bits per heavy atom. The molecule has 0 spiro atoms. The van der Waals surface area contributed by atoms with E-state index in [1.165, 1.54) is 0 Å². The first-order valence-corrected chi connectivity index (χ1v) is 6.81. The van der Waals surface area contributed by atoms with Gasteiger partial charge in [-0.2, -0.15) is 0 Å². The summed E-state index contributed by atoms with van der Waals surface area (Å²) in [6.45, 7) is 10.6. The van der Waals surface area contributed by atoms with Gasteiger partial charge in [-0.1, -0.05) is 27.7 Å². The third-order valence-corrected chi connectivity index (χ3v) is 0. The summed E-state index contributed by atoms with van der Waals surface area (Å²) in [4.78, 5) is 21.6. The molecular weight excluding hydrogens is 374 g/mol. The van der Waals surface area contributed by atoms with Gasteiger partial charge in [-0.15, -0.1) is 24.0 Å². The van der Waals surface area contributed by atoms with Crippen LogP contribution < -0.4 is 22.9 Å². The lowest BCUT2D eigenvalue weighted by Crippen LogP contribution is -1.87. The van der Waals surface area contributed by atoms with E-state index in [-0.39, 0.29) is 24.0 Å². The maximum atomic E-state index is 8.88. The van der Waals surface area contributed by atoms with Gasteiger partial charge in [0.15, 0.2) is 0 Å². The first-order valence-electron chi connectivity index (χ1n) is 5.24. The van der Waals surface area contributed by atoms with E-state index in [0.717, 1.165) is 26.2 Å². The number of rotatable bonds is 0. The van der Waals surface area contributed by atoms with E-state index in [4.69, 9.17) is 42.2 Å². The topological polar surface area (TPSA) is 182 Å². The maximum absolute atomic E-state index is 8.88. The molecule has 0 heterocycles. The monoisotopic (exact) mass is 406 g/mol. The van der Waals surface area contributed by atoms with Crippen molar-refractivity contribution in [3.63, 3.8) is 0 Å². The fraction of sp³-hybridized carbons (Fsp3) is 1.00. The Kier molecular flexibility index (Phi) is 87.0. The predicted molar refractivity (Wildman–Crippen MR) is 88.6 cm³/mol. The molecular formula is C8H32IN4O4P. The Morgan fingerprint density at radius 2 is 0.722 bits per heavy atom. The largest absolute Gasteiger partial charge is 0.466 e. The van der Waals surface area contributed by atoms with Gasteiger partial charge in [0, 0.05) is 0 Å². The molecule has 0 aliphatic rings. The van der Waals surface area contributed by atoms with Crippen LogP contribution >= 0.6 is 31.8 Å². The van der Waals surface area contributed by atoms with Crippen LogP contribution in [0.5, 0.6) is 0 Å². The van der Waals surface area contributed by atoms with Crippen molar-refractivity contribution in [1.29, 1.82) is 0 Å². The summed E-state index contributed by atoms with van der Waals surface area (Å²) in [6, 6.07) is 0. The Bertz CT molecular complexity index is 113. The summed E-state index contributed by atoms with van der Waals surface area (Å²) in [5.74, 6) is 0. The van der Waals surface area contributed by atoms with Gasteiger partial charge in [-0.25, -0.2) is 4.57 Å². The minimum atomic E-state index is -4.64.